The second kappa shape index (κ2) is 7.60. The molecular formula is C17H16F4N6. The molecule has 10 heteroatoms. The first-order valence-electron chi connectivity index (χ1n) is 7.97. The maximum Gasteiger partial charge on any atom is 0.257 e. The Balaban J connectivity index is 1.85. The molecule has 0 aliphatic heterocycles. The average molecular weight is 380 g/mol. The van der Waals surface area contributed by atoms with E-state index in [1.165, 1.54) is 24.5 Å². The van der Waals surface area contributed by atoms with Gasteiger partial charge in [-0.1, -0.05) is 12.1 Å². The summed E-state index contributed by atoms with van der Waals surface area (Å²) in [4.78, 5) is 8.37. The molecule has 0 fully saturated rings. The van der Waals surface area contributed by atoms with E-state index in [9.17, 15) is 17.6 Å². The highest BCUT2D eigenvalue weighted by molar-refractivity contribution is 5.55. The molecule has 0 saturated heterocycles. The van der Waals surface area contributed by atoms with Crippen LogP contribution in [0, 0.1) is 18.6 Å². The average Bonchev–Trinajstić information content (AvgIpc) is 3.02. The maximum atomic E-state index is 13.9. The Labute approximate surface area is 152 Å². The summed E-state index contributed by atoms with van der Waals surface area (Å²) in [6.07, 6.45) is 0.198. The first-order valence-corrected chi connectivity index (χ1v) is 7.97. The third-order valence-electron chi connectivity index (χ3n) is 3.89. The van der Waals surface area contributed by atoms with Crippen molar-refractivity contribution in [3.05, 3.63) is 59.0 Å². The van der Waals surface area contributed by atoms with E-state index < -0.39 is 24.6 Å². The Morgan fingerprint density at radius 3 is 2.74 bits per heavy atom. The molecule has 2 heterocycles. The largest absolute Gasteiger partial charge is 0.383 e. The van der Waals surface area contributed by atoms with Crippen LogP contribution in [0.2, 0.25) is 0 Å². The number of hydrogen-bond donors (Lipinski definition) is 2. The number of nitrogens with one attached hydrogen (secondary N) is 1. The minimum absolute atomic E-state index is 0.0153. The van der Waals surface area contributed by atoms with Gasteiger partial charge < -0.3 is 11.1 Å². The van der Waals surface area contributed by atoms with Crippen LogP contribution in [-0.4, -0.2) is 26.2 Å². The van der Waals surface area contributed by atoms with Crippen molar-refractivity contribution >= 4 is 17.5 Å². The number of nitrogen functional groups attached to an aromatic ring is 1. The fourth-order valence-electron chi connectivity index (χ4n) is 2.47. The zero-order valence-electron chi connectivity index (χ0n) is 14.3. The first-order chi connectivity index (χ1) is 12.8. The predicted molar refractivity (Wildman–Crippen MR) is 91.9 cm³/mol. The summed E-state index contributed by atoms with van der Waals surface area (Å²) in [6, 6.07) is 3.89. The fourth-order valence-corrected chi connectivity index (χ4v) is 2.47. The van der Waals surface area contributed by atoms with Gasteiger partial charge in [-0.3, -0.25) is 4.68 Å². The highest BCUT2D eigenvalue weighted by atomic mass is 19.3. The van der Waals surface area contributed by atoms with E-state index in [4.69, 9.17) is 5.73 Å². The number of aromatic nitrogens is 4. The van der Waals surface area contributed by atoms with Crippen LogP contribution in [0.5, 0.6) is 0 Å². The Kier molecular flexibility index (Phi) is 5.24. The molecule has 0 unspecified atom stereocenters. The molecule has 0 atom stereocenters. The molecule has 2 aromatic heterocycles. The van der Waals surface area contributed by atoms with Crippen LogP contribution in [0.4, 0.5) is 35.0 Å². The number of halogens is 4. The van der Waals surface area contributed by atoms with E-state index in [0.29, 0.717) is 16.9 Å². The second-order valence-electron chi connectivity index (χ2n) is 5.86. The molecule has 0 radical (unpaired) electrons. The number of nitrogens with zero attached hydrogens (tertiary/aromatic N) is 4. The summed E-state index contributed by atoms with van der Waals surface area (Å²) >= 11 is 0. The molecule has 0 amide bonds. The summed E-state index contributed by atoms with van der Waals surface area (Å²) in [7, 11) is 0. The molecule has 1 aromatic carbocycles. The quantitative estimate of drug-likeness (QED) is 0.640. The summed E-state index contributed by atoms with van der Waals surface area (Å²) in [5.41, 5.74) is 7.36. The van der Waals surface area contributed by atoms with Crippen molar-refractivity contribution in [1.82, 2.24) is 19.7 Å². The van der Waals surface area contributed by atoms with Crippen molar-refractivity contribution in [1.29, 1.82) is 0 Å². The molecule has 0 saturated carbocycles. The lowest BCUT2D eigenvalue weighted by Crippen LogP contribution is -2.08. The highest BCUT2D eigenvalue weighted by Gasteiger charge is 2.14. The number of benzene rings is 1. The normalized spacial score (nSPS) is 11.2. The van der Waals surface area contributed by atoms with Gasteiger partial charge in [0.2, 0.25) is 5.95 Å². The van der Waals surface area contributed by atoms with Gasteiger partial charge in [-0.25, -0.2) is 22.5 Å². The number of hydrogen-bond acceptors (Lipinski definition) is 5. The molecule has 142 valence electrons. The number of alkyl halides is 2. The van der Waals surface area contributed by atoms with Gasteiger partial charge in [-0.05, 0) is 18.6 Å². The van der Waals surface area contributed by atoms with E-state index >= 15 is 0 Å². The zero-order valence-corrected chi connectivity index (χ0v) is 14.3. The smallest absolute Gasteiger partial charge is 0.257 e. The van der Waals surface area contributed by atoms with Crippen LogP contribution in [0.15, 0.2) is 30.6 Å². The lowest BCUT2D eigenvalue weighted by molar-refractivity contribution is 0.122. The number of rotatable bonds is 6. The van der Waals surface area contributed by atoms with E-state index in [0.717, 1.165) is 10.7 Å². The van der Waals surface area contributed by atoms with Gasteiger partial charge in [0, 0.05) is 18.2 Å². The highest BCUT2D eigenvalue weighted by Crippen LogP contribution is 2.22. The van der Waals surface area contributed by atoms with Crippen molar-refractivity contribution in [2.24, 2.45) is 0 Å². The summed E-state index contributed by atoms with van der Waals surface area (Å²) in [6.45, 7) is 1.13. The molecule has 3 aromatic rings. The van der Waals surface area contributed by atoms with Gasteiger partial charge in [0.05, 0.1) is 17.6 Å². The van der Waals surface area contributed by atoms with Crippen molar-refractivity contribution in [3.63, 3.8) is 0 Å². The Morgan fingerprint density at radius 1 is 1.22 bits per heavy atom. The third-order valence-corrected chi connectivity index (χ3v) is 3.89. The van der Waals surface area contributed by atoms with E-state index in [1.807, 2.05) is 0 Å². The minimum Gasteiger partial charge on any atom is -0.383 e. The van der Waals surface area contributed by atoms with Gasteiger partial charge in [0.1, 0.15) is 12.4 Å². The van der Waals surface area contributed by atoms with E-state index in [1.54, 1.807) is 6.92 Å². The van der Waals surface area contributed by atoms with Crippen LogP contribution in [0.25, 0.3) is 0 Å². The monoisotopic (exact) mass is 380 g/mol. The van der Waals surface area contributed by atoms with Gasteiger partial charge in [-0.15, -0.1) is 0 Å². The fraction of sp³-hybridized carbons (Fsp3) is 0.235. The molecule has 0 aliphatic rings. The number of nitrogens with two attached hydrogens (primary N) is 1. The third kappa shape index (κ3) is 4.33. The Hall–Kier alpha value is -3.17. The van der Waals surface area contributed by atoms with Crippen LogP contribution < -0.4 is 11.1 Å². The topological polar surface area (TPSA) is 81.6 Å². The maximum absolute atomic E-state index is 13.9. The second-order valence-corrected chi connectivity index (χ2v) is 5.86. The van der Waals surface area contributed by atoms with Gasteiger partial charge in [-0.2, -0.15) is 10.1 Å². The molecule has 3 N–H and O–H groups in total. The SMILES string of the molecule is Cc1c(N)nc(Nc2cnn(CC(F)F)c2)nc1Cc1cccc(F)c1F. The van der Waals surface area contributed by atoms with Crippen molar-refractivity contribution in [3.8, 4) is 0 Å². The zero-order chi connectivity index (χ0) is 19.6. The predicted octanol–water partition coefficient (Wildman–Crippen LogP) is 3.44. The summed E-state index contributed by atoms with van der Waals surface area (Å²) in [5.74, 6) is -1.63. The van der Waals surface area contributed by atoms with Crippen molar-refractivity contribution < 1.29 is 17.6 Å². The molecular weight excluding hydrogens is 364 g/mol. The Bertz CT molecular complexity index is 957. The van der Waals surface area contributed by atoms with Crippen molar-refractivity contribution in [2.75, 3.05) is 11.1 Å². The molecule has 3 rings (SSSR count). The molecule has 6 nitrogen and oxygen atoms in total. The lowest BCUT2D eigenvalue weighted by Gasteiger charge is -2.11. The standard InChI is InChI=1S/C17H16F4N6/c1-9-13(5-10-3-2-4-12(18)15(10)21)25-17(26-16(9)22)24-11-6-23-27(7-11)8-14(19)20/h2-4,6-7,14H,5,8H2,1H3,(H3,22,24,25,26). The molecule has 0 spiro atoms. The molecule has 0 aliphatic carbocycles. The van der Waals surface area contributed by atoms with Gasteiger partial charge in [0.15, 0.2) is 11.6 Å². The molecule has 27 heavy (non-hydrogen) atoms. The van der Waals surface area contributed by atoms with Crippen LogP contribution in [0.3, 0.4) is 0 Å². The van der Waals surface area contributed by atoms with Gasteiger partial charge >= 0.3 is 0 Å². The minimum atomic E-state index is -2.53. The molecule has 0 bridgehead atoms. The Morgan fingerprint density at radius 2 is 2.00 bits per heavy atom. The van der Waals surface area contributed by atoms with Crippen LogP contribution in [0.1, 0.15) is 16.8 Å². The lowest BCUT2D eigenvalue weighted by atomic mass is 10.1. The number of anilines is 3. The van der Waals surface area contributed by atoms with Crippen molar-refractivity contribution in [2.45, 2.75) is 26.3 Å². The van der Waals surface area contributed by atoms with Crippen LogP contribution >= 0.6 is 0 Å². The first kappa shape index (κ1) is 18.6. The van der Waals surface area contributed by atoms with Crippen LogP contribution in [-0.2, 0) is 13.0 Å². The summed E-state index contributed by atoms with van der Waals surface area (Å²) in [5, 5.41) is 6.62. The summed E-state index contributed by atoms with van der Waals surface area (Å²) < 4.78 is 53.2. The van der Waals surface area contributed by atoms with E-state index in [-0.39, 0.29) is 23.8 Å². The van der Waals surface area contributed by atoms with Gasteiger partial charge in [0.25, 0.3) is 6.43 Å². The van der Waals surface area contributed by atoms with E-state index in [2.05, 4.69) is 20.4 Å².